The second-order valence-corrected chi connectivity index (χ2v) is 8.03. The van der Waals surface area contributed by atoms with Crippen LogP contribution in [0.3, 0.4) is 0 Å². The van der Waals surface area contributed by atoms with Crippen LogP contribution in [0.2, 0.25) is 0 Å². The molecule has 1 saturated heterocycles. The number of rotatable bonds is 8. The molecule has 1 aliphatic rings. The molecule has 3 aromatic rings. The molecular formula is C27H28N2O4. The Morgan fingerprint density at radius 2 is 1.36 bits per heavy atom. The van der Waals surface area contributed by atoms with Crippen LogP contribution in [0.5, 0.6) is 11.5 Å². The summed E-state index contributed by atoms with van der Waals surface area (Å²) >= 11 is 0. The normalized spacial score (nSPS) is 13.9. The molecular weight excluding hydrogens is 416 g/mol. The van der Waals surface area contributed by atoms with Gasteiger partial charge in [-0.05, 0) is 54.8 Å². The Bertz CT molecular complexity index is 1030. The van der Waals surface area contributed by atoms with Crippen molar-refractivity contribution in [2.75, 3.05) is 19.7 Å². The highest BCUT2D eigenvalue weighted by Gasteiger charge is 2.24. The molecule has 170 valence electrons. The van der Waals surface area contributed by atoms with Crippen LogP contribution < -0.4 is 14.8 Å². The summed E-state index contributed by atoms with van der Waals surface area (Å²) in [5.41, 5.74) is 1.76. The lowest BCUT2D eigenvalue weighted by Crippen LogP contribution is -2.47. The number of carbonyl (C=O) groups is 2. The maximum atomic E-state index is 12.5. The summed E-state index contributed by atoms with van der Waals surface area (Å²) in [7, 11) is 0. The van der Waals surface area contributed by atoms with E-state index in [0.717, 1.165) is 24.2 Å². The van der Waals surface area contributed by atoms with Crippen molar-refractivity contribution < 1.29 is 19.1 Å². The number of nitrogens with zero attached hydrogens (tertiary/aromatic N) is 1. The van der Waals surface area contributed by atoms with Gasteiger partial charge in [-0.1, -0.05) is 48.5 Å². The number of piperidine rings is 1. The smallest absolute Gasteiger partial charge is 0.260 e. The summed E-state index contributed by atoms with van der Waals surface area (Å²) < 4.78 is 11.4. The van der Waals surface area contributed by atoms with E-state index in [9.17, 15) is 9.59 Å². The van der Waals surface area contributed by atoms with E-state index in [2.05, 4.69) is 5.32 Å². The third-order valence-electron chi connectivity index (χ3n) is 5.65. The van der Waals surface area contributed by atoms with Gasteiger partial charge in [-0.25, -0.2) is 0 Å². The molecule has 0 aromatic heterocycles. The van der Waals surface area contributed by atoms with Crippen molar-refractivity contribution in [2.45, 2.75) is 25.5 Å². The van der Waals surface area contributed by atoms with E-state index < -0.39 is 0 Å². The van der Waals surface area contributed by atoms with Crippen LogP contribution in [-0.2, 0) is 11.4 Å². The quantitative estimate of drug-likeness (QED) is 0.569. The molecule has 0 saturated carbocycles. The zero-order valence-electron chi connectivity index (χ0n) is 18.5. The summed E-state index contributed by atoms with van der Waals surface area (Å²) in [4.78, 5) is 26.6. The molecule has 3 aromatic carbocycles. The second kappa shape index (κ2) is 11.2. The lowest BCUT2D eigenvalue weighted by atomic mass is 10.0. The van der Waals surface area contributed by atoms with Crippen molar-refractivity contribution in [3.05, 3.63) is 96.1 Å². The average Bonchev–Trinajstić information content (AvgIpc) is 2.88. The first-order valence-corrected chi connectivity index (χ1v) is 11.2. The van der Waals surface area contributed by atoms with Gasteiger partial charge in [0.2, 0.25) is 0 Å². The van der Waals surface area contributed by atoms with Crippen LogP contribution in [0.1, 0.15) is 28.8 Å². The topological polar surface area (TPSA) is 67.9 Å². The molecule has 0 radical (unpaired) electrons. The van der Waals surface area contributed by atoms with Gasteiger partial charge in [0.25, 0.3) is 11.8 Å². The van der Waals surface area contributed by atoms with Gasteiger partial charge in [-0.15, -0.1) is 0 Å². The third-order valence-corrected chi connectivity index (χ3v) is 5.65. The first kappa shape index (κ1) is 22.4. The van der Waals surface area contributed by atoms with Gasteiger partial charge in [0.15, 0.2) is 6.61 Å². The summed E-state index contributed by atoms with van der Waals surface area (Å²) in [5.74, 6) is 1.25. The predicted octanol–water partition coefficient (Wildman–Crippen LogP) is 4.07. The van der Waals surface area contributed by atoms with Crippen molar-refractivity contribution in [1.29, 1.82) is 0 Å². The summed E-state index contributed by atoms with van der Waals surface area (Å²) in [6.07, 6.45) is 1.47. The monoisotopic (exact) mass is 444 g/mol. The van der Waals surface area contributed by atoms with Crippen molar-refractivity contribution in [2.24, 2.45) is 0 Å². The van der Waals surface area contributed by atoms with Crippen LogP contribution in [-0.4, -0.2) is 42.5 Å². The number of nitrogens with one attached hydrogen (secondary N) is 1. The van der Waals surface area contributed by atoms with E-state index in [0.29, 0.717) is 31.0 Å². The second-order valence-electron chi connectivity index (χ2n) is 8.03. The van der Waals surface area contributed by atoms with E-state index in [1.807, 2.05) is 60.7 Å². The van der Waals surface area contributed by atoms with Crippen LogP contribution in [0.4, 0.5) is 0 Å². The molecule has 1 fully saturated rings. The largest absolute Gasteiger partial charge is 0.489 e. The molecule has 33 heavy (non-hydrogen) atoms. The van der Waals surface area contributed by atoms with Gasteiger partial charge in [0.05, 0.1) is 0 Å². The molecule has 4 rings (SSSR count). The molecule has 0 spiro atoms. The highest BCUT2D eigenvalue weighted by Crippen LogP contribution is 2.19. The Balaban J connectivity index is 1.17. The highest BCUT2D eigenvalue weighted by atomic mass is 16.5. The summed E-state index contributed by atoms with van der Waals surface area (Å²) in [5, 5.41) is 3.06. The van der Waals surface area contributed by atoms with Gasteiger partial charge in [0, 0.05) is 24.7 Å². The minimum absolute atomic E-state index is 0.00867. The molecule has 0 atom stereocenters. The van der Waals surface area contributed by atoms with E-state index in [-0.39, 0.29) is 24.5 Å². The number of ether oxygens (including phenoxy) is 2. The van der Waals surface area contributed by atoms with Crippen molar-refractivity contribution in [1.82, 2.24) is 10.2 Å². The van der Waals surface area contributed by atoms with Gasteiger partial charge < -0.3 is 19.7 Å². The Hall–Kier alpha value is -3.80. The molecule has 6 nitrogen and oxygen atoms in total. The zero-order valence-corrected chi connectivity index (χ0v) is 18.5. The molecule has 2 amide bonds. The van der Waals surface area contributed by atoms with E-state index >= 15 is 0 Å². The molecule has 0 bridgehead atoms. The van der Waals surface area contributed by atoms with Crippen molar-refractivity contribution in [3.8, 4) is 11.5 Å². The Morgan fingerprint density at radius 1 is 0.788 bits per heavy atom. The Morgan fingerprint density at radius 3 is 2.00 bits per heavy atom. The lowest BCUT2D eigenvalue weighted by Gasteiger charge is -2.32. The minimum atomic E-state index is -0.0695. The summed E-state index contributed by atoms with van der Waals surface area (Å²) in [6, 6.07) is 26.5. The van der Waals surface area contributed by atoms with Crippen LogP contribution >= 0.6 is 0 Å². The van der Waals surface area contributed by atoms with Gasteiger partial charge in [0.1, 0.15) is 18.1 Å². The number of carbonyl (C=O) groups excluding carboxylic acids is 2. The van der Waals surface area contributed by atoms with Crippen LogP contribution in [0, 0.1) is 0 Å². The first-order chi connectivity index (χ1) is 16.2. The Labute approximate surface area is 194 Å². The minimum Gasteiger partial charge on any atom is -0.489 e. The highest BCUT2D eigenvalue weighted by molar-refractivity contribution is 5.94. The van der Waals surface area contributed by atoms with Gasteiger partial charge in [-0.3, -0.25) is 9.59 Å². The molecule has 1 N–H and O–H groups in total. The van der Waals surface area contributed by atoms with Crippen LogP contribution in [0.15, 0.2) is 84.9 Å². The molecule has 6 heteroatoms. The average molecular weight is 445 g/mol. The number of hydrogen-bond donors (Lipinski definition) is 1. The fourth-order valence-electron chi connectivity index (χ4n) is 3.74. The standard InChI is InChI=1S/C27H28N2O4/c30-26(29-17-15-23(16-18-29)28-27(31)22-9-5-2-6-10-22)20-33-25-13-11-24(12-14-25)32-19-21-7-3-1-4-8-21/h1-14,23H,15-20H2,(H,28,31). The Kier molecular flexibility index (Phi) is 7.59. The van der Waals surface area contributed by atoms with Crippen molar-refractivity contribution in [3.63, 3.8) is 0 Å². The molecule has 1 aliphatic heterocycles. The maximum absolute atomic E-state index is 12.5. The zero-order chi connectivity index (χ0) is 22.9. The van der Waals surface area contributed by atoms with Crippen LogP contribution in [0.25, 0.3) is 0 Å². The number of benzene rings is 3. The summed E-state index contributed by atoms with van der Waals surface area (Å²) in [6.45, 7) is 1.70. The van der Waals surface area contributed by atoms with Gasteiger partial charge >= 0.3 is 0 Å². The third kappa shape index (κ3) is 6.59. The fraction of sp³-hybridized carbons (Fsp3) is 0.259. The predicted molar refractivity (Wildman–Crippen MR) is 126 cm³/mol. The number of amides is 2. The molecule has 0 unspecified atom stereocenters. The molecule has 0 aliphatic carbocycles. The van der Waals surface area contributed by atoms with E-state index in [1.165, 1.54) is 0 Å². The fourth-order valence-corrected chi connectivity index (χ4v) is 3.74. The first-order valence-electron chi connectivity index (χ1n) is 11.2. The SMILES string of the molecule is O=C(NC1CCN(C(=O)COc2ccc(OCc3ccccc3)cc2)CC1)c1ccccc1. The number of likely N-dealkylation sites (tertiary alicyclic amines) is 1. The van der Waals surface area contributed by atoms with Gasteiger partial charge in [-0.2, -0.15) is 0 Å². The molecule has 1 heterocycles. The maximum Gasteiger partial charge on any atom is 0.260 e. The van der Waals surface area contributed by atoms with E-state index in [1.54, 1.807) is 29.2 Å². The number of hydrogen-bond acceptors (Lipinski definition) is 4. The lowest BCUT2D eigenvalue weighted by molar-refractivity contribution is -0.134. The van der Waals surface area contributed by atoms with E-state index in [4.69, 9.17) is 9.47 Å². The van der Waals surface area contributed by atoms with Crippen molar-refractivity contribution >= 4 is 11.8 Å².